The van der Waals surface area contributed by atoms with Crippen LogP contribution < -0.4 is 0 Å². The Morgan fingerprint density at radius 1 is 1.05 bits per heavy atom. The molecule has 0 atom stereocenters. The molecule has 4 heteroatoms. The number of ketones is 1. The normalized spacial score (nSPS) is 10.4. The number of rotatable bonds is 4. The van der Waals surface area contributed by atoms with Gasteiger partial charge in [-0.2, -0.15) is 0 Å². The van der Waals surface area contributed by atoms with Crippen molar-refractivity contribution in [3.63, 3.8) is 0 Å². The van der Waals surface area contributed by atoms with Crippen molar-refractivity contribution < 1.29 is 15.0 Å². The van der Waals surface area contributed by atoms with Gasteiger partial charge in [-0.15, -0.1) is 0 Å². The summed E-state index contributed by atoms with van der Waals surface area (Å²) < 4.78 is 0. The van der Waals surface area contributed by atoms with Crippen molar-refractivity contribution in [2.45, 2.75) is 12.8 Å². The van der Waals surface area contributed by atoms with E-state index in [-0.39, 0.29) is 22.8 Å². The lowest BCUT2D eigenvalue weighted by atomic mass is 10.0. The fraction of sp³-hybridized carbons (Fsp3) is 0.133. The molecule has 0 aromatic heterocycles. The highest BCUT2D eigenvalue weighted by atomic mass is 35.5. The van der Waals surface area contributed by atoms with Crippen LogP contribution in [-0.2, 0) is 6.42 Å². The Kier molecular flexibility index (Phi) is 4.07. The third-order valence-corrected chi connectivity index (χ3v) is 3.09. The average Bonchev–Trinajstić information content (AvgIpc) is 2.37. The van der Waals surface area contributed by atoms with Gasteiger partial charge in [-0.3, -0.25) is 4.79 Å². The van der Waals surface area contributed by atoms with Crippen molar-refractivity contribution in [2.24, 2.45) is 0 Å². The van der Waals surface area contributed by atoms with Crippen LogP contribution in [0.25, 0.3) is 0 Å². The molecule has 0 aliphatic carbocycles. The minimum Gasteiger partial charge on any atom is -0.508 e. The van der Waals surface area contributed by atoms with Gasteiger partial charge >= 0.3 is 0 Å². The van der Waals surface area contributed by atoms with Crippen molar-refractivity contribution in [1.82, 2.24) is 0 Å². The van der Waals surface area contributed by atoms with Crippen LogP contribution in [-0.4, -0.2) is 16.0 Å². The van der Waals surface area contributed by atoms with Gasteiger partial charge in [-0.25, -0.2) is 0 Å². The van der Waals surface area contributed by atoms with E-state index in [0.29, 0.717) is 17.9 Å². The van der Waals surface area contributed by atoms with Crippen molar-refractivity contribution in [3.8, 4) is 11.5 Å². The van der Waals surface area contributed by atoms with E-state index in [0.717, 1.165) is 11.6 Å². The quantitative estimate of drug-likeness (QED) is 0.840. The highest BCUT2D eigenvalue weighted by molar-refractivity contribution is 6.30. The Morgan fingerprint density at radius 3 is 2.37 bits per heavy atom. The minimum absolute atomic E-state index is 0.0632. The molecule has 0 bridgehead atoms. The van der Waals surface area contributed by atoms with Crippen molar-refractivity contribution >= 4 is 17.4 Å². The van der Waals surface area contributed by atoms with E-state index in [1.54, 1.807) is 12.1 Å². The van der Waals surface area contributed by atoms with Crippen LogP contribution in [0.5, 0.6) is 11.5 Å². The molecule has 0 aliphatic rings. The van der Waals surface area contributed by atoms with Gasteiger partial charge in [0.2, 0.25) is 0 Å². The number of phenols is 2. The molecule has 0 unspecified atom stereocenters. The van der Waals surface area contributed by atoms with Crippen LogP contribution in [0, 0.1) is 0 Å². The van der Waals surface area contributed by atoms with E-state index in [1.807, 2.05) is 12.1 Å². The lowest BCUT2D eigenvalue weighted by Crippen LogP contribution is -2.01. The van der Waals surface area contributed by atoms with Crippen LogP contribution in [0.4, 0.5) is 0 Å². The van der Waals surface area contributed by atoms with Crippen LogP contribution in [0.2, 0.25) is 5.02 Å². The lowest BCUT2D eigenvalue weighted by Gasteiger charge is -2.05. The number of phenolic OH excluding ortho intramolecular Hbond substituents is 2. The third kappa shape index (κ3) is 3.48. The van der Waals surface area contributed by atoms with Gasteiger partial charge in [0.1, 0.15) is 11.5 Å². The number of carbonyl (C=O) groups is 1. The summed E-state index contributed by atoms with van der Waals surface area (Å²) in [7, 11) is 0. The first-order valence-electron chi connectivity index (χ1n) is 5.86. The number of hydrogen-bond donors (Lipinski definition) is 2. The fourth-order valence-electron chi connectivity index (χ4n) is 1.80. The van der Waals surface area contributed by atoms with Gasteiger partial charge in [0, 0.05) is 17.5 Å². The molecule has 0 fully saturated rings. The Bertz CT molecular complexity index is 591. The molecule has 2 aromatic carbocycles. The second-order valence-corrected chi connectivity index (χ2v) is 4.69. The van der Waals surface area contributed by atoms with Crippen molar-refractivity contribution in [1.29, 1.82) is 0 Å². The molecule has 2 aromatic rings. The summed E-state index contributed by atoms with van der Waals surface area (Å²) in [5, 5.41) is 19.4. The summed E-state index contributed by atoms with van der Waals surface area (Å²) in [6.07, 6.45) is 0.871. The SMILES string of the molecule is O=C(CCc1ccc(Cl)cc1)c1ccc(O)cc1O. The van der Waals surface area contributed by atoms with E-state index >= 15 is 0 Å². The molecule has 2 rings (SSSR count). The first-order valence-corrected chi connectivity index (χ1v) is 6.23. The fourth-order valence-corrected chi connectivity index (χ4v) is 1.93. The molecule has 3 nitrogen and oxygen atoms in total. The summed E-state index contributed by atoms with van der Waals surface area (Å²) in [6.45, 7) is 0. The molecule has 98 valence electrons. The number of benzene rings is 2. The van der Waals surface area contributed by atoms with Gasteiger partial charge < -0.3 is 10.2 Å². The van der Waals surface area contributed by atoms with Gasteiger partial charge in [-0.1, -0.05) is 23.7 Å². The Hall–Kier alpha value is -2.00. The molecule has 0 spiro atoms. The van der Waals surface area contributed by atoms with E-state index < -0.39 is 0 Å². The van der Waals surface area contributed by atoms with Gasteiger partial charge in [0.15, 0.2) is 5.78 Å². The van der Waals surface area contributed by atoms with Crippen LogP contribution in [0.3, 0.4) is 0 Å². The standard InChI is InChI=1S/C15H13ClO3/c16-11-4-1-10(2-5-11)3-8-14(18)13-7-6-12(17)9-15(13)19/h1-2,4-7,9,17,19H,3,8H2. The zero-order valence-electron chi connectivity index (χ0n) is 10.1. The highest BCUT2D eigenvalue weighted by Crippen LogP contribution is 2.24. The molecule has 0 radical (unpaired) electrons. The van der Waals surface area contributed by atoms with Gasteiger partial charge in [-0.05, 0) is 36.2 Å². The number of halogens is 1. The predicted molar refractivity (Wildman–Crippen MR) is 73.9 cm³/mol. The summed E-state index contributed by atoms with van der Waals surface area (Å²) in [5.41, 5.74) is 1.24. The molecule has 19 heavy (non-hydrogen) atoms. The Morgan fingerprint density at radius 2 is 1.74 bits per heavy atom. The van der Waals surface area contributed by atoms with Gasteiger partial charge in [0.25, 0.3) is 0 Å². The minimum atomic E-state index is -0.193. The summed E-state index contributed by atoms with van der Waals surface area (Å²) in [4.78, 5) is 11.9. The Labute approximate surface area is 116 Å². The first-order chi connectivity index (χ1) is 9.06. The maximum Gasteiger partial charge on any atom is 0.166 e. The molecule has 0 heterocycles. The number of Topliss-reactive ketones (excluding diaryl/α,β-unsaturated/α-hetero) is 1. The third-order valence-electron chi connectivity index (χ3n) is 2.84. The van der Waals surface area contributed by atoms with E-state index in [2.05, 4.69) is 0 Å². The topological polar surface area (TPSA) is 57.5 Å². The number of aryl methyl sites for hydroxylation is 1. The number of aromatic hydroxyl groups is 2. The molecular formula is C15H13ClO3. The molecule has 0 saturated carbocycles. The van der Waals surface area contributed by atoms with Crippen LogP contribution >= 0.6 is 11.6 Å². The largest absolute Gasteiger partial charge is 0.508 e. The molecular weight excluding hydrogens is 264 g/mol. The highest BCUT2D eigenvalue weighted by Gasteiger charge is 2.11. The lowest BCUT2D eigenvalue weighted by molar-refractivity contribution is 0.0980. The first kappa shape index (κ1) is 13.4. The monoisotopic (exact) mass is 276 g/mol. The van der Waals surface area contributed by atoms with Crippen molar-refractivity contribution in [3.05, 3.63) is 58.6 Å². The summed E-state index contributed by atoms with van der Waals surface area (Å²) >= 11 is 5.78. The maximum absolute atomic E-state index is 11.9. The number of carbonyl (C=O) groups excluding carboxylic acids is 1. The molecule has 0 aliphatic heterocycles. The average molecular weight is 277 g/mol. The summed E-state index contributed by atoms with van der Waals surface area (Å²) in [6, 6.07) is 11.3. The van der Waals surface area contributed by atoms with E-state index in [4.69, 9.17) is 16.7 Å². The van der Waals surface area contributed by atoms with Crippen LogP contribution in [0.1, 0.15) is 22.3 Å². The van der Waals surface area contributed by atoms with Gasteiger partial charge in [0.05, 0.1) is 5.56 Å². The van der Waals surface area contributed by atoms with Crippen molar-refractivity contribution in [2.75, 3.05) is 0 Å². The number of hydrogen-bond acceptors (Lipinski definition) is 3. The zero-order chi connectivity index (χ0) is 13.8. The molecule has 0 saturated heterocycles. The Balaban J connectivity index is 2.03. The van der Waals surface area contributed by atoms with Crippen LogP contribution in [0.15, 0.2) is 42.5 Å². The smallest absolute Gasteiger partial charge is 0.166 e. The molecule has 0 amide bonds. The second-order valence-electron chi connectivity index (χ2n) is 4.25. The predicted octanol–water partition coefficient (Wildman–Crippen LogP) is 3.57. The van der Waals surface area contributed by atoms with E-state index in [9.17, 15) is 9.90 Å². The van der Waals surface area contributed by atoms with E-state index in [1.165, 1.54) is 12.1 Å². The summed E-state index contributed by atoms with van der Waals surface area (Å²) in [5.74, 6) is -0.416. The second kappa shape index (κ2) is 5.76. The molecule has 2 N–H and O–H groups in total. The zero-order valence-corrected chi connectivity index (χ0v) is 10.9. The maximum atomic E-state index is 11.9.